The summed E-state index contributed by atoms with van der Waals surface area (Å²) < 4.78 is 0. The van der Waals surface area contributed by atoms with E-state index in [1.807, 2.05) is 48.5 Å². The lowest BCUT2D eigenvalue weighted by Gasteiger charge is -2.01. The van der Waals surface area contributed by atoms with Gasteiger partial charge in [0.2, 0.25) is 0 Å². The summed E-state index contributed by atoms with van der Waals surface area (Å²) in [6, 6.07) is 15.6. The Morgan fingerprint density at radius 1 is 0.667 bits per heavy atom. The van der Waals surface area contributed by atoms with Crippen molar-refractivity contribution in [1.29, 1.82) is 0 Å². The molecular weight excluding hydrogens is 340 g/mol. The maximum Gasteiger partial charge on any atom is 0.167 e. The molecular formula is C18H12N2O2S2. The Morgan fingerprint density at radius 3 is 1.50 bits per heavy atom. The second-order valence-electron chi connectivity index (χ2n) is 5.23. The van der Waals surface area contributed by atoms with E-state index in [1.165, 1.54) is 21.6 Å². The average molecular weight is 352 g/mol. The molecule has 0 atom stereocenters. The number of fused-ring (bicyclic) bond motifs is 2. The maximum absolute atomic E-state index is 11.4. The van der Waals surface area contributed by atoms with E-state index in [0.717, 1.165) is 44.2 Å². The third kappa shape index (κ3) is 2.44. The Kier molecular flexibility index (Phi) is 3.92. The highest BCUT2D eigenvalue weighted by Gasteiger charge is 2.16. The Balaban J connectivity index is 1.76. The van der Waals surface area contributed by atoms with Gasteiger partial charge in [-0.2, -0.15) is 0 Å². The van der Waals surface area contributed by atoms with E-state index in [0.29, 0.717) is 11.4 Å². The summed E-state index contributed by atoms with van der Waals surface area (Å²) in [5.41, 5.74) is 2.97. The number of rotatable bonds is 5. The molecule has 0 radical (unpaired) electrons. The lowest BCUT2D eigenvalue weighted by atomic mass is 10.2. The Labute approximate surface area is 145 Å². The number of hydrogen-bond donors (Lipinski definition) is 2. The third-order valence-electron chi connectivity index (χ3n) is 3.82. The summed E-state index contributed by atoms with van der Waals surface area (Å²) >= 11 is 0. The van der Waals surface area contributed by atoms with Gasteiger partial charge < -0.3 is 9.97 Å². The van der Waals surface area contributed by atoms with Crippen LogP contribution in [-0.4, -0.2) is 22.5 Å². The lowest BCUT2D eigenvalue weighted by Crippen LogP contribution is -1.82. The molecule has 0 fully saturated rings. The maximum atomic E-state index is 11.4. The molecule has 0 saturated heterocycles. The van der Waals surface area contributed by atoms with Crippen LogP contribution in [0.15, 0.2) is 58.3 Å². The van der Waals surface area contributed by atoms with Crippen LogP contribution in [0.4, 0.5) is 0 Å². The molecule has 2 aromatic heterocycles. The van der Waals surface area contributed by atoms with E-state index in [4.69, 9.17) is 0 Å². The number of hydrogen-bond acceptors (Lipinski definition) is 4. The van der Waals surface area contributed by atoms with Crippen molar-refractivity contribution in [2.45, 2.75) is 9.79 Å². The highest BCUT2D eigenvalue weighted by molar-refractivity contribution is 8.76. The number of benzene rings is 2. The zero-order valence-electron chi connectivity index (χ0n) is 12.4. The van der Waals surface area contributed by atoms with E-state index < -0.39 is 0 Å². The van der Waals surface area contributed by atoms with Gasteiger partial charge in [0.25, 0.3) is 0 Å². The second kappa shape index (κ2) is 6.22. The number of aldehydes is 2. The van der Waals surface area contributed by atoms with Crippen LogP contribution in [0.5, 0.6) is 0 Å². The lowest BCUT2D eigenvalue weighted by molar-refractivity contribution is 0.111. The van der Waals surface area contributed by atoms with Crippen molar-refractivity contribution in [3.8, 4) is 0 Å². The first-order valence-electron chi connectivity index (χ1n) is 7.28. The predicted octanol–water partition coefficient (Wildman–Crippen LogP) is 5.07. The monoisotopic (exact) mass is 352 g/mol. The van der Waals surface area contributed by atoms with Crippen molar-refractivity contribution in [2.24, 2.45) is 0 Å². The number of carbonyl (C=O) groups is 2. The van der Waals surface area contributed by atoms with Crippen LogP contribution < -0.4 is 0 Å². The molecule has 0 bridgehead atoms. The van der Waals surface area contributed by atoms with E-state index in [9.17, 15) is 9.59 Å². The zero-order valence-corrected chi connectivity index (χ0v) is 14.0. The van der Waals surface area contributed by atoms with Gasteiger partial charge in [-0.3, -0.25) is 9.59 Å². The van der Waals surface area contributed by atoms with Gasteiger partial charge in [-0.25, -0.2) is 0 Å². The molecule has 0 aliphatic carbocycles. The fraction of sp³-hybridized carbons (Fsp3) is 0. The van der Waals surface area contributed by atoms with Gasteiger partial charge in [0, 0.05) is 21.8 Å². The number of H-pyrrole nitrogens is 2. The van der Waals surface area contributed by atoms with Crippen LogP contribution in [0.1, 0.15) is 21.0 Å². The van der Waals surface area contributed by atoms with E-state index in [-0.39, 0.29) is 0 Å². The number of aromatic nitrogens is 2. The topological polar surface area (TPSA) is 65.7 Å². The molecule has 2 heterocycles. The molecule has 4 rings (SSSR count). The van der Waals surface area contributed by atoms with E-state index in [1.54, 1.807) is 0 Å². The van der Waals surface area contributed by atoms with Crippen LogP contribution in [0.3, 0.4) is 0 Å². The van der Waals surface area contributed by atoms with Crippen LogP contribution >= 0.6 is 21.6 Å². The van der Waals surface area contributed by atoms with Crippen molar-refractivity contribution in [1.82, 2.24) is 9.97 Å². The Hall–Kier alpha value is -2.44. The van der Waals surface area contributed by atoms with Crippen LogP contribution in [-0.2, 0) is 0 Å². The molecule has 4 aromatic rings. The molecule has 0 aliphatic rings. The van der Waals surface area contributed by atoms with Crippen molar-refractivity contribution >= 4 is 56.0 Å². The largest absolute Gasteiger partial charge is 0.351 e. The predicted molar refractivity (Wildman–Crippen MR) is 99.1 cm³/mol. The Bertz CT molecular complexity index is 979. The third-order valence-corrected chi connectivity index (χ3v) is 6.36. The smallest absolute Gasteiger partial charge is 0.167 e. The van der Waals surface area contributed by atoms with Gasteiger partial charge in [0.1, 0.15) is 0 Å². The summed E-state index contributed by atoms with van der Waals surface area (Å²) in [6.45, 7) is 0. The molecule has 6 heteroatoms. The second-order valence-corrected chi connectivity index (χ2v) is 7.38. The first-order valence-corrected chi connectivity index (χ1v) is 9.43. The van der Waals surface area contributed by atoms with Crippen molar-refractivity contribution in [2.75, 3.05) is 0 Å². The minimum Gasteiger partial charge on any atom is -0.351 e. The van der Waals surface area contributed by atoms with Gasteiger partial charge in [0.15, 0.2) is 12.6 Å². The number of para-hydroxylation sites is 2. The molecule has 0 spiro atoms. The molecule has 0 saturated carbocycles. The van der Waals surface area contributed by atoms with Gasteiger partial charge in [-0.15, -0.1) is 0 Å². The molecule has 2 aromatic carbocycles. The van der Waals surface area contributed by atoms with E-state index >= 15 is 0 Å². The highest BCUT2D eigenvalue weighted by Crippen LogP contribution is 2.45. The van der Waals surface area contributed by atoms with Crippen molar-refractivity contribution in [3.63, 3.8) is 0 Å². The summed E-state index contributed by atoms with van der Waals surface area (Å²) in [5, 5.41) is 2.01. The summed E-state index contributed by atoms with van der Waals surface area (Å²) in [5.74, 6) is 0. The quantitative estimate of drug-likeness (QED) is 0.388. The zero-order chi connectivity index (χ0) is 16.5. The fourth-order valence-corrected chi connectivity index (χ4v) is 5.36. The van der Waals surface area contributed by atoms with Gasteiger partial charge in [-0.1, -0.05) is 36.4 Å². The summed E-state index contributed by atoms with van der Waals surface area (Å²) in [4.78, 5) is 30.8. The first-order chi connectivity index (χ1) is 11.8. The molecule has 4 nitrogen and oxygen atoms in total. The Morgan fingerprint density at radius 2 is 1.08 bits per heavy atom. The minimum absolute atomic E-state index is 0.557. The highest BCUT2D eigenvalue weighted by atomic mass is 33.1. The molecule has 2 N–H and O–H groups in total. The van der Waals surface area contributed by atoms with Gasteiger partial charge >= 0.3 is 0 Å². The van der Waals surface area contributed by atoms with Crippen LogP contribution in [0.2, 0.25) is 0 Å². The molecule has 0 amide bonds. The number of nitrogens with one attached hydrogen (secondary N) is 2. The van der Waals surface area contributed by atoms with Crippen molar-refractivity contribution < 1.29 is 9.59 Å². The summed E-state index contributed by atoms with van der Waals surface area (Å²) in [7, 11) is 2.97. The van der Waals surface area contributed by atoms with E-state index in [2.05, 4.69) is 9.97 Å². The van der Waals surface area contributed by atoms with Gasteiger partial charge in [-0.05, 0) is 33.7 Å². The molecule has 0 unspecified atom stereocenters. The van der Waals surface area contributed by atoms with Crippen LogP contribution in [0.25, 0.3) is 21.8 Å². The van der Waals surface area contributed by atoms with Gasteiger partial charge in [0.05, 0.1) is 21.2 Å². The first kappa shape index (κ1) is 15.1. The average Bonchev–Trinajstić information content (AvgIpc) is 3.17. The van der Waals surface area contributed by atoms with Crippen molar-refractivity contribution in [3.05, 3.63) is 59.9 Å². The fourth-order valence-electron chi connectivity index (χ4n) is 2.70. The summed E-state index contributed by atoms with van der Waals surface area (Å²) in [6.07, 6.45) is 1.66. The van der Waals surface area contributed by atoms with Crippen LogP contribution in [0, 0.1) is 0 Å². The number of aromatic amines is 2. The molecule has 118 valence electrons. The molecule has 0 aliphatic heterocycles. The standard InChI is InChI=1S/C18H12N2O2S2/c21-9-15-17(11-5-1-3-7-13(11)19-15)23-24-18-12-6-2-4-8-14(12)20-16(18)10-22/h1-10,19-20H. The normalized spacial score (nSPS) is 11.2. The SMILES string of the molecule is O=Cc1[nH]c2ccccc2c1SSc1c(C=O)[nH]c2ccccc12. The molecule has 24 heavy (non-hydrogen) atoms. The number of carbonyl (C=O) groups excluding carboxylic acids is 2. The minimum atomic E-state index is 0.557.